The zero-order chi connectivity index (χ0) is 15.5. The van der Waals surface area contributed by atoms with Crippen molar-refractivity contribution in [2.75, 3.05) is 7.05 Å². The van der Waals surface area contributed by atoms with Crippen molar-refractivity contribution in [3.8, 4) is 0 Å². The second-order valence-electron chi connectivity index (χ2n) is 4.50. The summed E-state index contributed by atoms with van der Waals surface area (Å²) in [4.78, 5) is 4.01. The molecule has 0 aliphatic carbocycles. The monoisotopic (exact) mass is 373 g/mol. The number of furan rings is 1. The highest BCUT2D eigenvalue weighted by atomic mass is 79.9. The maximum absolute atomic E-state index is 12.4. The Labute approximate surface area is 132 Å². The van der Waals surface area contributed by atoms with Gasteiger partial charge in [0.1, 0.15) is 10.7 Å². The predicted octanol–water partition coefficient (Wildman–Crippen LogP) is 2.20. The van der Waals surface area contributed by atoms with Crippen molar-refractivity contribution in [3.63, 3.8) is 0 Å². The molecule has 21 heavy (non-hydrogen) atoms. The summed E-state index contributed by atoms with van der Waals surface area (Å²) in [7, 11) is -1.92. The molecule has 0 amide bonds. The number of hydrogen-bond acceptors (Lipinski definition) is 5. The van der Waals surface area contributed by atoms with Crippen LogP contribution in [0.2, 0.25) is 0 Å². The van der Waals surface area contributed by atoms with Gasteiger partial charge < -0.3 is 9.73 Å². The summed E-state index contributed by atoms with van der Waals surface area (Å²) in [6, 6.07) is 4.67. The predicted molar refractivity (Wildman–Crippen MR) is 82.1 cm³/mol. The highest BCUT2D eigenvalue weighted by Gasteiger charge is 2.24. The molecule has 0 aromatic carbocycles. The minimum absolute atomic E-state index is 0.0913. The van der Waals surface area contributed by atoms with E-state index in [-0.39, 0.29) is 15.6 Å². The first-order valence-electron chi connectivity index (χ1n) is 6.29. The quantitative estimate of drug-likeness (QED) is 0.810. The van der Waals surface area contributed by atoms with Crippen LogP contribution in [0.25, 0.3) is 0 Å². The molecule has 8 heteroatoms. The van der Waals surface area contributed by atoms with Gasteiger partial charge in [0.25, 0.3) is 0 Å². The van der Waals surface area contributed by atoms with Crippen molar-refractivity contribution < 1.29 is 12.8 Å². The molecule has 6 nitrogen and oxygen atoms in total. The summed E-state index contributed by atoms with van der Waals surface area (Å²) in [6.45, 7) is 2.23. The molecular formula is C13H16BrN3O3S. The average Bonchev–Trinajstić information content (AvgIpc) is 2.81. The third-order valence-electron chi connectivity index (χ3n) is 2.89. The number of pyridine rings is 1. The Morgan fingerprint density at radius 2 is 2.05 bits per heavy atom. The van der Waals surface area contributed by atoms with Gasteiger partial charge in [0.05, 0.1) is 6.54 Å². The molecule has 2 heterocycles. The topological polar surface area (TPSA) is 84.2 Å². The van der Waals surface area contributed by atoms with Gasteiger partial charge in [-0.1, -0.05) is 0 Å². The number of aromatic nitrogens is 1. The van der Waals surface area contributed by atoms with Crippen molar-refractivity contribution in [2.24, 2.45) is 0 Å². The molecule has 1 unspecified atom stereocenters. The molecule has 0 radical (unpaired) electrons. The molecule has 0 aliphatic rings. The summed E-state index contributed by atoms with van der Waals surface area (Å²) in [5.41, 5.74) is 0.837. The van der Waals surface area contributed by atoms with Crippen LogP contribution < -0.4 is 10.0 Å². The number of sulfonamides is 1. The minimum atomic E-state index is -3.67. The number of hydrogen-bond donors (Lipinski definition) is 2. The van der Waals surface area contributed by atoms with Gasteiger partial charge in [-0.3, -0.25) is 4.98 Å². The Morgan fingerprint density at radius 3 is 2.67 bits per heavy atom. The Morgan fingerprint density at radius 1 is 1.38 bits per heavy atom. The lowest BCUT2D eigenvalue weighted by molar-refractivity contribution is 0.469. The van der Waals surface area contributed by atoms with Crippen molar-refractivity contribution >= 4 is 26.0 Å². The number of halogens is 1. The van der Waals surface area contributed by atoms with Gasteiger partial charge in [0.2, 0.25) is 10.0 Å². The first-order valence-corrected chi connectivity index (χ1v) is 8.56. The minimum Gasteiger partial charge on any atom is -0.452 e. The third kappa shape index (κ3) is 3.91. The lowest BCUT2D eigenvalue weighted by Crippen LogP contribution is -2.26. The van der Waals surface area contributed by atoms with Crippen molar-refractivity contribution in [1.29, 1.82) is 0 Å². The van der Waals surface area contributed by atoms with Crippen molar-refractivity contribution in [3.05, 3.63) is 46.6 Å². The molecule has 0 fully saturated rings. The summed E-state index contributed by atoms with van der Waals surface area (Å²) in [5, 5.41) is 2.91. The fraction of sp³-hybridized carbons (Fsp3) is 0.308. The molecule has 2 rings (SSSR count). The zero-order valence-corrected chi connectivity index (χ0v) is 14.0. The van der Waals surface area contributed by atoms with Crippen molar-refractivity contribution in [2.45, 2.75) is 24.4 Å². The van der Waals surface area contributed by atoms with E-state index < -0.39 is 10.0 Å². The Hall–Kier alpha value is -1.22. The molecule has 0 saturated carbocycles. The van der Waals surface area contributed by atoms with Crippen LogP contribution in [-0.4, -0.2) is 20.4 Å². The van der Waals surface area contributed by atoms with Gasteiger partial charge in [-0.05, 0) is 47.6 Å². The summed E-state index contributed by atoms with van der Waals surface area (Å²) < 4.78 is 33.0. The van der Waals surface area contributed by atoms with Crippen LogP contribution >= 0.6 is 15.9 Å². The van der Waals surface area contributed by atoms with E-state index in [4.69, 9.17) is 4.42 Å². The van der Waals surface area contributed by atoms with Crippen LogP contribution in [0.4, 0.5) is 0 Å². The number of nitrogens with zero attached hydrogens (tertiary/aromatic N) is 1. The lowest BCUT2D eigenvalue weighted by Gasteiger charge is -2.13. The second kappa shape index (κ2) is 6.69. The van der Waals surface area contributed by atoms with Crippen molar-refractivity contribution in [1.82, 2.24) is 15.0 Å². The van der Waals surface area contributed by atoms with Gasteiger partial charge in [-0.2, -0.15) is 0 Å². The van der Waals surface area contributed by atoms with Gasteiger partial charge in [-0.25, -0.2) is 13.1 Å². The molecule has 0 saturated heterocycles. The van der Waals surface area contributed by atoms with Crippen LogP contribution in [0.15, 0.2) is 44.6 Å². The van der Waals surface area contributed by atoms with E-state index >= 15 is 0 Å². The van der Waals surface area contributed by atoms with Crippen LogP contribution in [0.1, 0.15) is 24.3 Å². The molecule has 1 atom stereocenters. The standard InChI is InChI=1S/C13H16BrN3O3S/c1-9(10-3-5-16-6-4-10)17-21(18,19)12-7-11(8-15-2)20-13(12)14/h3-7,9,15,17H,8H2,1-2H3. The fourth-order valence-corrected chi connectivity index (χ4v) is 4.09. The first kappa shape index (κ1) is 16.2. The lowest BCUT2D eigenvalue weighted by atomic mass is 10.1. The van der Waals surface area contributed by atoms with E-state index in [1.807, 2.05) is 0 Å². The van der Waals surface area contributed by atoms with Crippen LogP contribution in [-0.2, 0) is 16.6 Å². The van der Waals surface area contributed by atoms with E-state index in [9.17, 15) is 8.42 Å². The highest BCUT2D eigenvalue weighted by Crippen LogP contribution is 2.27. The molecule has 0 spiro atoms. The smallest absolute Gasteiger partial charge is 0.245 e. The molecule has 2 aromatic heterocycles. The fourth-order valence-electron chi connectivity index (χ4n) is 1.86. The Kier molecular flexibility index (Phi) is 5.15. The largest absolute Gasteiger partial charge is 0.452 e. The first-order chi connectivity index (χ1) is 9.94. The highest BCUT2D eigenvalue weighted by molar-refractivity contribution is 9.10. The molecule has 0 aliphatic heterocycles. The van der Waals surface area contributed by atoms with Crippen LogP contribution in [0.5, 0.6) is 0 Å². The average molecular weight is 374 g/mol. The molecular weight excluding hydrogens is 358 g/mol. The molecule has 2 aromatic rings. The van der Waals surface area contributed by atoms with E-state index in [0.717, 1.165) is 5.56 Å². The maximum Gasteiger partial charge on any atom is 0.245 e. The number of rotatable bonds is 6. The van der Waals surface area contributed by atoms with E-state index in [0.29, 0.717) is 12.3 Å². The van der Waals surface area contributed by atoms with E-state index in [1.54, 1.807) is 38.5 Å². The van der Waals surface area contributed by atoms with E-state index in [1.165, 1.54) is 6.07 Å². The zero-order valence-electron chi connectivity index (χ0n) is 11.6. The normalized spacial score (nSPS) is 13.3. The van der Waals surface area contributed by atoms with Gasteiger partial charge >= 0.3 is 0 Å². The molecule has 0 bridgehead atoms. The summed E-state index contributed by atoms with van der Waals surface area (Å²) >= 11 is 3.15. The van der Waals surface area contributed by atoms with E-state index in [2.05, 4.69) is 31.0 Å². The van der Waals surface area contributed by atoms with Gasteiger partial charge in [-0.15, -0.1) is 0 Å². The molecule has 2 N–H and O–H groups in total. The second-order valence-corrected chi connectivity index (χ2v) is 6.91. The SMILES string of the molecule is CNCc1cc(S(=O)(=O)NC(C)c2ccncc2)c(Br)o1. The van der Waals surface area contributed by atoms with Crippen LogP contribution in [0, 0.1) is 0 Å². The Balaban J connectivity index is 2.22. The Bertz CT molecular complexity index is 701. The maximum atomic E-state index is 12.4. The summed E-state index contributed by atoms with van der Waals surface area (Å²) in [5.74, 6) is 0.543. The van der Waals surface area contributed by atoms with Crippen LogP contribution in [0.3, 0.4) is 0 Å². The number of nitrogens with one attached hydrogen (secondary N) is 2. The summed E-state index contributed by atoms with van der Waals surface area (Å²) in [6.07, 6.45) is 3.25. The van der Waals surface area contributed by atoms with Gasteiger partial charge in [0.15, 0.2) is 4.67 Å². The van der Waals surface area contributed by atoms with Gasteiger partial charge in [0, 0.05) is 24.5 Å². The third-order valence-corrected chi connectivity index (χ3v) is 5.28. The molecule has 114 valence electrons.